The number of carbonyl (C=O) groups excluding carboxylic acids is 4. The van der Waals surface area contributed by atoms with E-state index in [9.17, 15) is 19.2 Å². The predicted molar refractivity (Wildman–Crippen MR) is 190 cm³/mol. The summed E-state index contributed by atoms with van der Waals surface area (Å²) in [6.07, 6.45) is 1.25. The largest absolute Gasteiger partial charge is 0.484 e. The highest BCUT2D eigenvalue weighted by molar-refractivity contribution is 8.03. The summed E-state index contributed by atoms with van der Waals surface area (Å²) < 4.78 is 16.1. The Hall–Kier alpha value is -5.05. The summed E-state index contributed by atoms with van der Waals surface area (Å²) in [4.78, 5) is 55.3. The van der Waals surface area contributed by atoms with Crippen LogP contribution in [0.25, 0.3) is 0 Å². The highest BCUT2D eigenvalue weighted by Gasteiger charge is 2.54. The van der Waals surface area contributed by atoms with Gasteiger partial charge in [-0.15, -0.1) is 11.8 Å². The van der Waals surface area contributed by atoms with Crippen molar-refractivity contribution in [1.82, 2.24) is 10.2 Å². The van der Waals surface area contributed by atoms with Crippen LogP contribution in [0, 0.1) is 0 Å². The number of β-lactam (4-membered cyclic amide) rings is 1. The first-order valence-electron chi connectivity index (χ1n) is 15.2. The van der Waals surface area contributed by atoms with Crippen molar-refractivity contribution in [2.24, 2.45) is 0 Å². The van der Waals surface area contributed by atoms with Crippen molar-refractivity contribution >= 4 is 63.7 Å². The molecular formula is C37H35N2O7PS. The summed E-state index contributed by atoms with van der Waals surface area (Å²) in [6, 6.07) is 36.5. The van der Waals surface area contributed by atoms with E-state index in [4.69, 9.17) is 14.2 Å². The number of nitrogens with one attached hydrogen (secondary N) is 1. The van der Waals surface area contributed by atoms with Crippen LogP contribution in [0.4, 0.5) is 0 Å². The lowest BCUT2D eigenvalue weighted by Gasteiger charge is -2.48. The molecule has 1 aliphatic rings. The average molecular weight is 683 g/mol. The number of likely N-dealkylation sites (tertiary alicyclic amines) is 1. The highest BCUT2D eigenvalue weighted by atomic mass is 32.2. The Labute approximate surface area is 283 Å². The molecule has 0 unspecified atom stereocenters. The molecule has 1 aliphatic heterocycles. The Morgan fingerprint density at radius 3 is 1.79 bits per heavy atom. The number of amides is 2. The zero-order valence-electron chi connectivity index (χ0n) is 26.4. The van der Waals surface area contributed by atoms with E-state index >= 15 is 0 Å². The second-order valence-electron chi connectivity index (χ2n) is 10.4. The quantitative estimate of drug-likeness (QED) is 0.0982. The smallest absolute Gasteiger partial charge is 0.355 e. The molecule has 11 heteroatoms. The minimum atomic E-state index is -3.13. The number of methoxy groups -OCH3 is 1. The molecule has 246 valence electrons. The van der Waals surface area contributed by atoms with Crippen LogP contribution < -0.4 is 26.0 Å². The van der Waals surface area contributed by atoms with Crippen LogP contribution in [-0.4, -0.2) is 65.8 Å². The SMILES string of the molecule is CCOC(=O)C=CS[C@@H]1[C@H](NC(=O)COc2ccccc2)C(=O)N1C(C(=O)OC)=P(c1ccccc1)(c1ccccc1)c1ccccc1. The lowest BCUT2D eigenvalue weighted by molar-refractivity contribution is -0.145. The normalized spacial score (nSPS) is 15.7. The first-order valence-corrected chi connectivity index (χ1v) is 18.0. The van der Waals surface area contributed by atoms with Gasteiger partial charge in [0, 0.05) is 13.0 Å². The summed E-state index contributed by atoms with van der Waals surface area (Å²) in [7, 11) is 1.28. The number of esters is 2. The number of rotatable bonds is 13. The number of nitrogens with zero attached hydrogens (tertiary/aromatic N) is 1. The van der Waals surface area contributed by atoms with Gasteiger partial charge < -0.3 is 19.5 Å². The topological polar surface area (TPSA) is 111 Å². The van der Waals surface area contributed by atoms with Gasteiger partial charge in [0.25, 0.3) is 11.8 Å². The van der Waals surface area contributed by atoms with Crippen molar-refractivity contribution in [1.29, 1.82) is 0 Å². The van der Waals surface area contributed by atoms with Crippen LogP contribution in [-0.2, 0) is 28.7 Å². The van der Waals surface area contributed by atoms with Gasteiger partial charge >= 0.3 is 11.9 Å². The molecule has 1 fully saturated rings. The number of benzene rings is 4. The minimum absolute atomic E-state index is 0.145. The van der Waals surface area contributed by atoms with E-state index in [-0.39, 0.29) is 18.6 Å². The van der Waals surface area contributed by atoms with Crippen LogP contribution in [0.2, 0.25) is 0 Å². The van der Waals surface area contributed by atoms with Crippen LogP contribution in [0.3, 0.4) is 0 Å². The van der Waals surface area contributed by atoms with Gasteiger partial charge in [0.05, 0.1) is 13.7 Å². The Kier molecular flexibility index (Phi) is 11.6. The van der Waals surface area contributed by atoms with E-state index in [2.05, 4.69) is 5.32 Å². The molecule has 1 saturated heterocycles. The van der Waals surface area contributed by atoms with E-state index in [0.717, 1.165) is 27.7 Å². The highest BCUT2D eigenvalue weighted by Crippen LogP contribution is 2.49. The number of hydrogen-bond acceptors (Lipinski definition) is 8. The standard InChI is InChI=1S/C37H35N2O7PS/c1-3-45-32(41)24-25-48-36-33(38-31(40)26-46-27-16-8-4-9-17-27)34(42)39(36)35(37(43)44-2)47(28-18-10-5-11-19-28,29-20-12-6-13-21-29)30-22-14-7-15-23-30/h4-25,33,36H,3,26H2,1-2H3,(H,38,40)/t33-,36-/m1/s1. The van der Waals surface area contributed by atoms with Gasteiger partial charge in [0.15, 0.2) is 6.61 Å². The summed E-state index contributed by atoms with van der Waals surface area (Å²) in [5.74, 6) is -1.77. The lowest BCUT2D eigenvalue weighted by atomic mass is 10.1. The fourth-order valence-electron chi connectivity index (χ4n) is 5.46. The van der Waals surface area contributed by atoms with Gasteiger partial charge in [-0.2, -0.15) is 0 Å². The Morgan fingerprint density at radius 2 is 1.31 bits per heavy atom. The fourth-order valence-corrected chi connectivity index (χ4v) is 11.0. The molecule has 4 aromatic rings. The molecule has 4 aromatic carbocycles. The van der Waals surface area contributed by atoms with Gasteiger partial charge in [0.1, 0.15) is 22.6 Å². The summed E-state index contributed by atoms with van der Waals surface area (Å²) >= 11 is 1.11. The van der Waals surface area contributed by atoms with Crippen molar-refractivity contribution in [2.45, 2.75) is 18.3 Å². The zero-order chi connectivity index (χ0) is 33.9. The van der Waals surface area contributed by atoms with E-state index in [1.807, 2.05) is 97.1 Å². The monoisotopic (exact) mass is 682 g/mol. The zero-order valence-corrected chi connectivity index (χ0v) is 28.1. The molecule has 1 N–H and O–H groups in total. The van der Waals surface area contributed by atoms with Gasteiger partial charge in [-0.1, -0.05) is 109 Å². The summed E-state index contributed by atoms with van der Waals surface area (Å²) in [6.45, 7) is -1.56. The Bertz CT molecular complexity index is 1720. The molecule has 0 bridgehead atoms. The van der Waals surface area contributed by atoms with Crippen molar-refractivity contribution in [3.8, 4) is 5.75 Å². The van der Waals surface area contributed by atoms with Crippen LogP contribution in [0.15, 0.2) is 133 Å². The average Bonchev–Trinajstić information content (AvgIpc) is 3.13. The number of ether oxygens (including phenoxy) is 3. The second kappa shape index (κ2) is 16.2. The second-order valence-corrected chi connectivity index (χ2v) is 14.8. The molecule has 0 aromatic heterocycles. The van der Waals surface area contributed by atoms with E-state index in [1.54, 1.807) is 31.2 Å². The van der Waals surface area contributed by atoms with Gasteiger partial charge in [-0.3, -0.25) is 14.5 Å². The fraction of sp³-hybridized carbons (Fsp3) is 0.162. The molecule has 0 radical (unpaired) electrons. The molecule has 5 rings (SSSR count). The van der Waals surface area contributed by atoms with Crippen molar-refractivity contribution in [3.05, 3.63) is 133 Å². The molecule has 2 atom stereocenters. The maximum absolute atomic E-state index is 14.3. The third-order valence-corrected chi connectivity index (χ3v) is 12.8. The van der Waals surface area contributed by atoms with Gasteiger partial charge in [-0.25, -0.2) is 9.59 Å². The third-order valence-electron chi connectivity index (χ3n) is 7.53. The van der Waals surface area contributed by atoms with E-state index in [0.29, 0.717) is 5.75 Å². The molecule has 9 nitrogen and oxygen atoms in total. The molecule has 48 heavy (non-hydrogen) atoms. The maximum atomic E-state index is 14.3. The van der Waals surface area contributed by atoms with Gasteiger partial charge in [-0.05, 0) is 40.4 Å². The van der Waals surface area contributed by atoms with Crippen LogP contribution >= 0.6 is 18.6 Å². The Balaban J connectivity index is 1.68. The first-order chi connectivity index (χ1) is 23.4. The van der Waals surface area contributed by atoms with Crippen LogP contribution in [0.5, 0.6) is 5.75 Å². The molecule has 1 heterocycles. The van der Waals surface area contributed by atoms with Crippen molar-refractivity contribution < 1.29 is 33.4 Å². The van der Waals surface area contributed by atoms with Crippen LogP contribution in [0.1, 0.15) is 6.92 Å². The molecule has 0 saturated carbocycles. The number of para-hydroxylation sites is 1. The minimum Gasteiger partial charge on any atom is -0.484 e. The maximum Gasteiger partial charge on any atom is 0.355 e. The summed E-state index contributed by atoms with van der Waals surface area (Å²) in [5, 5.41) is 5.93. The lowest BCUT2D eigenvalue weighted by Crippen LogP contribution is -2.72. The molecular weight excluding hydrogens is 647 g/mol. The third kappa shape index (κ3) is 7.25. The molecule has 2 amide bonds. The number of hydrogen-bond donors (Lipinski definition) is 1. The number of carbonyl (C=O) groups is 4. The Morgan fingerprint density at radius 1 is 0.812 bits per heavy atom. The molecule has 0 aliphatic carbocycles. The summed E-state index contributed by atoms with van der Waals surface area (Å²) in [5.41, 5.74) is 0.145. The van der Waals surface area contributed by atoms with Crippen molar-refractivity contribution in [3.63, 3.8) is 0 Å². The first kappa shape index (κ1) is 34.3. The number of thioether (sulfide) groups is 1. The van der Waals surface area contributed by atoms with Gasteiger partial charge in [0.2, 0.25) is 0 Å². The van der Waals surface area contributed by atoms with Crippen molar-refractivity contribution in [2.75, 3.05) is 20.3 Å². The molecule has 0 spiro atoms. The predicted octanol–water partition coefficient (Wildman–Crippen LogP) is 3.83. The van der Waals surface area contributed by atoms with E-state index < -0.39 is 42.1 Å². The van der Waals surface area contributed by atoms with E-state index in [1.165, 1.54) is 23.5 Å².